The van der Waals surface area contributed by atoms with Crippen molar-refractivity contribution in [1.82, 2.24) is 0 Å². The molecule has 0 aliphatic heterocycles. The van der Waals surface area contributed by atoms with Crippen LogP contribution in [-0.2, 0) is 21.7 Å². The van der Waals surface area contributed by atoms with E-state index in [1.165, 1.54) is 35.4 Å². The van der Waals surface area contributed by atoms with Crippen molar-refractivity contribution < 1.29 is 28.8 Å². The monoisotopic (exact) mass is 618 g/mol. The Kier molecular flexibility index (Phi) is 10.2. The maximum absolute atomic E-state index is 12.7. The van der Waals surface area contributed by atoms with E-state index in [1.54, 1.807) is 27.7 Å². The summed E-state index contributed by atoms with van der Waals surface area (Å²) in [4.78, 5) is 0.277. The first kappa shape index (κ1) is 34.5. The van der Waals surface area contributed by atoms with Crippen LogP contribution in [0, 0.1) is 55.4 Å². The molecule has 0 atom stereocenters. The Morgan fingerprint density at radius 1 is 0.500 bits per heavy atom. The minimum absolute atomic E-state index is 0.0307. The molecular weight excluding hydrogens is 572 g/mol. The van der Waals surface area contributed by atoms with Crippen LogP contribution in [0.15, 0.2) is 58.3 Å². The van der Waals surface area contributed by atoms with E-state index < -0.39 is 9.84 Å². The molecule has 44 heavy (non-hydrogen) atoms. The summed E-state index contributed by atoms with van der Waals surface area (Å²) in [6.07, 6.45) is 1.98. The fourth-order valence-electron chi connectivity index (χ4n) is 5.42. The van der Waals surface area contributed by atoms with Gasteiger partial charge in [-0.2, -0.15) is 0 Å². The molecule has 4 rings (SSSR count). The predicted octanol–water partition coefficient (Wildman–Crippen LogP) is 8.41. The summed E-state index contributed by atoms with van der Waals surface area (Å²) < 4.78 is 25.4. The number of hydrogen-bond donors (Lipinski definition) is 4. The van der Waals surface area contributed by atoms with Crippen LogP contribution in [0.4, 0.5) is 0 Å². The Labute approximate surface area is 262 Å². The lowest BCUT2D eigenvalue weighted by Crippen LogP contribution is -2.18. The lowest BCUT2D eigenvalue weighted by molar-refractivity contribution is 0.457. The van der Waals surface area contributed by atoms with Gasteiger partial charge in [-0.15, -0.1) is 0 Å². The molecule has 0 bridgehead atoms. The van der Waals surface area contributed by atoms with Crippen molar-refractivity contribution in [2.45, 2.75) is 97.3 Å². The molecule has 236 valence electrons. The molecular formula is C37H46O6S. The highest BCUT2D eigenvalue weighted by molar-refractivity contribution is 7.91. The molecule has 0 heterocycles. The number of hydrogen-bond acceptors (Lipinski definition) is 6. The number of aryl methyl sites for hydroxylation is 9. The zero-order chi connectivity index (χ0) is 33.3. The maximum atomic E-state index is 12.7. The van der Waals surface area contributed by atoms with Gasteiger partial charge < -0.3 is 20.4 Å². The SMILES string of the molecule is Cc1cc(CCC(C)(C)c2cc(C)c(O)c(C)c2)cc(C)c1O.Cc1cc(S(=O)(=O)c2cc(C)c(O)c(C)c2)cc(C)c1O. The van der Waals surface area contributed by atoms with Gasteiger partial charge in [-0.1, -0.05) is 38.1 Å². The quantitative estimate of drug-likeness (QED) is 0.172. The molecule has 0 aliphatic rings. The molecule has 0 unspecified atom stereocenters. The largest absolute Gasteiger partial charge is 0.507 e. The zero-order valence-electron chi connectivity index (χ0n) is 27.5. The Bertz CT molecular complexity index is 1660. The molecule has 0 amide bonds. The molecule has 0 fully saturated rings. The maximum Gasteiger partial charge on any atom is 0.206 e. The van der Waals surface area contributed by atoms with Crippen molar-refractivity contribution in [3.05, 3.63) is 104 Å². The van der Waals surface area contributed by atoms with Crippen LogP contribution in [0.5, 0.6) is 23.0 Å². The molecule has 0 radical (unpaired) electrons. The third kappa shape index (κ3) is 7.39. The minimum atomic E-state index is -3.68. The number of phenols is 4. The van der Waals surface area contributed by atoms with Gasteiger partial charge in [0.05, 0.1) is 9.79 Å². The van der Waals surface area contributed by atoms with Crippen molar-refractivity contribution >= 4 is 9.84 Å². The van der Waals surface area contributed by atoms with Crippen molar-refractivity contribution in [3.8, 4) is 23.0 Å². The molecule has 0 saturated heterocycles. The average molecular weight is 619 g/mol. The predicted molar refractivity (Wildman–Crippen MR) is 177 cm³/mol. The third-order valence-corrected chi connectivity index (χ3v) is 10.1. The average Bonchev–Trinajstić information content (AvgIpc) is 2.94. The van der Waals surface area contributed by atoms with Gasteiger partial charge in [0.2, 0.25) is 9.84 Å². The number of rotatable bonds is 6. The first-order chi connectivity index (χ1) is 20.3. The van der Waals surface area contributed by atoms with Crippen molar-refractivity contribution in [2.24, 2.45) is 0 Å². The summed E-state index contributed by atoms with van der Waals surface area (Å²) in [7, 11) is -3.68. The van der Waals surface area contributed by atoms with E-state index in [-0.39, 0.29) is 26.7 Å². The van der Waals surface area contributed by atoms with Gasteiger partial charge in [0.15, 0.2) is 0 Å². The van der Waals surface area contributed by atoms with Gasteiger partial charge in [0, 0.05) is 0 Å². The van der Waals surface area contributed by atoms with Crippen LogP contribution < -0.4 is 0 Å². The summed E-state index contributed by atoms with van der Waals surface area (Å²) >= 11 is 0. The normalized spacial score (nSPS) is 11.7. The fourth-order valence-corrected chi connectivity index (χ4v) is 7.02. The summed E-state index contributed by atoms with van der Waals surface area (Å²) in [6.45, 7) is 18.9. The second-order valence-corrected chi connectivity index (χ2v) is 14.7. The topological polar surface area (TPSA) is 115 Å². The van der Waals surface area contributed by atoms with Crippen LogP contribution in [0.25, 0.3) is 0 Å². The lowest BCUT2D eigenvalue weighted by Gasteiger charge is -2.27. The van der Waals surface area contributed by atoms with E-state index >= 15 is 0 Å². The number of phenolic OH excluding ortho intramolecular Hbond substituents is 4. The van der Waals surface area contributed by atoms with Gasteiger partial charge in [-0.25, -0.2) is 8.42 Å². The van der Waals surface area contributed by atoms with Gasteiger partial charge >= 0.3 is 0 Å². The number of sulfone groups is 1. The first-order valence-electron chi connectivity index (χ1n) is 14.7. The molecule has 0 aromatic heterocycles. The second kappa shape index (κ2) is 12.9. The Morgan fingerprint density at radius 3 is 1.09 bits per heavy atom. The molecule has 7 heteroatoms. The van der Waals surface area contributed by atoms with Crippen molar-refractivity contribution in [1.29, 1.82) is 0 Å². The van der Waals surface area contributed by atoms with Crippen LogP contribution in [0.1, 0.15) is 75.9 Å². The Balaban J connectivity index is 0.000000241. The number of benzene rings is 4. The molecule has 4 N–H and O–H groups in total. The van der Waals surface area contributed by atoms with E-state index in [0.29, 0.717) is 33.8 Å². The summed E-state index contributed by atoms with van der Waals surface area (Å²) in [6, 6.07) is 14.2. The van der Waals surface area contributed by atoms with E-state index in [2.05, 4.69) is 38.1 Å². The molecule has 4 aromatic rings. The fraction of sp³-hybridized carbons (Fsp3) is 0.351. The third-order valence-electron chi connectivity index (χ3n) is 8.41. The van der Waals surface area contributed by atoms with Crippen molar-refractivity contribution in [2.75, 3.05) is 0 Å². The molecule has 0 aliphatic carbocycles. The Morgan fingerprint density at radius 2 is 0.773 bits per heavy atom. The summed E-state index contributed by atoms with van der Waals surface area (Å²) in [5, 5.41) is 39.4. The standard InChI is InChI=1S/C21H28O2.C16H18O4S/c1-13-9-17(10-14(2)19(13)22)7-8-21(5,6)18-11-15(3)20(23)16(4)12-18;1-9-5-13(6-10(2)15(9)17)21(19,20)14-7-11(3)16(18)12(4)8-14/h9-12,22-23H,7-8H2,1-6H3;5-8,17-18H,1-4H3. The smallest absolute Gasteiger partial charge is 0.206 e. The Hall–Kier alpha value is -3.97. The summed E-state index contributed by atoms with van der Waals surface area (Å²) in [5.41, 5.74) is 8.36. The van der Waals surface area contributed by atoms with Crippen LogP contribution >= 0.6 is 0 Å². The van der Waals surface area contributed by atoms with E-state index in [4.69, 9.17) is 0 Å². The van der Waals surface area contributed by atoms with Crippen LogP contribution in [0.2, 0.25) is 0 Å². The van der Waals surface area contributed by atoms with Gasteiger partial charge in [0.1, 0.15) is 23.0 Å². The zero-order valence-corrected chi connectivity index (χ0v) is 28.4. The van der Waals surface area contributed by atoms with E-state index in [1.807, 2.05) is 27.7 Å². The highest BCUT2D eigenvalue weighted by Crippen LogP contribution is 2.35. The van der Waals surface area contributed by atoms with E-state index in [9.17, 15) is 28.8 Å². The van der Waals surface area contributed by atoms with Crippen molar-refractivity contribution in [3.63, 3.8) is 0 Å². The molecule has 0 spiro atoms. The first-order valence-corrected chi connectivity index (χ1v) is 16.2. The molecule has 4 aromatic carbocycles. The van der Waals surface area contributed by atoms with Gasteiger partial charge in [0.25, 0.3) is 0 Å². The lowest BCUT2D eigenvalue weighted by atomic mass is 9.78. The van der Waals surface area contributed by atoms with Gasteiger partial charge in [-0.05, 0) is 154 Å². The molecule has 6 nitrogen and oxygen atoms in total. The second-order valence-electron chi connectivity index (χ2n) is 12.7. The number of aromatic hydroxyl groups is 4. The van der Waals surface area contributed by atoms with Crippen LogP contribution in [0.3, 0.4) is 0 Å². The van der Waals surface area contributed by atoms with Gasteiger partial charge in [-0.3, -0.25) is 0 Å². The highest BCUT2D eigenvalue weighted by atomic mass is 32.2. The highest BCUT2D eigenvalue weighted by Gasteiger charge is 2.23. The molecule has 0 saturated carbocycles. The minimum Gasteiger partial charge on any atom is -0.507 e. The summed E-state index contributed by atoms with van der Waals surface area (Å²) in [5.74, 6) is 1.01. The van der Waals surface area contributed by atoms with Crippen LogP contribution in [-0.4, -0.2) is 28.8 Å². The van der Waals surface area contributed by atoms with E-state index in [0.717, 1.165) is 35.1 Å².